The molecule has 1 aliphatic heterocycles. The molecule has 1 aliphatic rings. The molecule has 0 aromatic carbocycles. The van der Waals surface area contributed by atoms with E-state index in [0.29, 0.717) is 18.5 Å². The maximum atomic E-state index is 11.2. The van der Waals surface area contributed by atoms with Gasteiger partial charge in [-0.3, -0.25) is 10.1 Å². The minimum atomic E-state index is -0.189. The normalized spacial score (nSPS) is 28.9. The molecule has 76 valence electrons. The van der Waals surface area contributed by atoms with Crippen LogP contribution in [0.4, 0.5) is 0 Å². The predicted octanol–water partition coefficient (Wildman–Crippen LogP) is -0.255. The van der Waals surface area contributed by atoms with Crippen LogP contribution in [0.2, 0.25) is 0 Å². The molecule has 0 saturated carbocycles. The zero-order valence-corrected chi connectivity index (χ0v) is 8.46. The first kappa shape index (κ1) is 10.5. The number of carbonyl (C=O) groups is 1. The molecule has 0 radical (unpaired) electrons. The summed E-state index contributed by atoms with van der Waals surface area (Å²) in [5.41, 5.74) is 0. The molecule has 0 unspecified atom stereocenters. The van der Waals surface area contributed by atoms with Crippen molar-refractivity contribution in [3.63, 3.8) is 0 Å². The summed E-state index contributed by atoms with van der Waals surface area (Å²) in [6.07, 6.45) is 0. The van der Waals surface area contributed by atoms with Crippen LogP contribution in [-0.4, -0.2) is 38.3 Å². The Morgan fingerprint density at radius 3 is 2.69 bits per heavy atom. The third-order valence-electron chi connectivity index (χ3n) is 2.42. The molecular weight excluding hydrogens is 168 g/mol. The van der Waals surface area contributed by atoms with Crippen LogP contribution in [0.5, 0.6) is 0 Å². The van der Waals surface area contributed by atoms with Crippen molar-refractivity contribution in [1.82, 2.24) is 10.6 Å². The van der Waals surface area contributed by atoms with E-state index in [1.165, 1.54) is 7.11 Å². The molecular formula is C9H18N2O2. The molecule has 0 aromatic rings. The van der Waals surface area contributed by atoms with Crippen molar-refractivity contribution in [2.45, 2.75) is 25.9 Å². The van der Waals surface area contributed by atoms with Gasteiger partial charge >= 0.3 is 5.97 Å². The topological polar surface area (TPSA) is 50.4 Å². The molecule has 13 heavy (non-hydrogen) atoms. The summed E-state index contributed by atoms with van der Waals surface area (Å²) < 4.78 is 4.68. The third kappa shape index (κ3) is 2.67. The summed E-state index contributed by atoms with van der Waals surface area (Å²) in [6, 6.07) is 0.170. The summed E-state index contributed by atoms with van der Waals surface area (Å²) in [4.78, 5) is 11.2. The number of hydrogen-bond acceptors (Lipinski definition) is 4. The van der Waals surface area contributed by atoms with Gasteiger partial charge in [0, 0.05) is 19.1 Å². The number of hydrogen-bond donors (Lipinski definition) is 2. The van der Waals surface area contributed by atoms with Gasteiger partial charge in [0.2, 0.25) is 0 Å². The first-order chi connectivity index (χ1) is 6.15. The molecule has 0 aromatic heterocycles. The summed E-state index contributed by atoms with van der Waals surface area (Å²) >= 11 is 0. The van der Waals surface area contributed by atoms with Gasteiger partial charge in [-0.15, -0.1) is 0 Å². The summed E-state index contributed by atoms with van der Waals surface area (Å²) in [5.74, 6) is 0.345. The Balaban J connectivity index is 2.46. The van der Waals surface area contributed by atoms with Crippen molar-refractivity contribution in [1.29, 1.82) is 0 Å². The van der Waals surface area contributed by atoms with Crippen molar-refractivity contribution >= 4 is 5.97 Å². The second-order valence-corrected chi connectivity index (χ2v) is 3.75. The Labute approximate surface area is 79.0 Å². The Bertz CT molecular complexity index is 182. The van der Waals surface area contributed by atoms with Crippen LogP contribution in [-0.2, 0) is 9.53 Å². The van der Waals surface area contributed by atoms with Gasteiger partial charge in [0.15, 0.2) is 0 Å². The van der Waals surface area contributed by atoms with Crippen LogP contribution >= 0.6 is 0 Å². The highest BCUT2D eigenvalue weighted by Crippen LogP contribution is 2.05. The van der Waals surface area contributed by atoms with Crippen LogP contribution in [0, 0.1) is 5.92 Å². The van der Waals surface area contributed by atoms with E-state index in [1.54, 1.807) is 0 Å². The third-order valence-corrected chi connectivity index (χ3v) is 2.42. The molecule has 1 heterocycles. The monoisotopic (exact) mass is 186 g/mol. The van der Waals surface area contributed by atoms with Crippen molar-refractivity contribution in [3.05, 3.63) is 0 Å². The number of nitrogens with one attached hydrogen (secondary N) is 2. The van der Waals surface area contributed by atoms with E-state index in [-0.39, 0.29) is 12.0 Å². The molecule has 4 heteroatoms. The zero-order valence-electron chi connectivity index (χ0n) is 8.46. The van der Waals surface area contributed by atoms with Gasteiger partial charge in [0.1, 0.15) is 6.04 Å². The number of methoxy groups -OCH3 is 1. The Kier molecular flexibility index (Phi) is 3.69. The quantitative estimate of drug-likeness (QED) is 0.584. The second-order valence-electron chi connectivity index (χ2n) is 3.75. The smallest absolute Gasteiger partial charge is 0.324 e. The Morgan fingerprint density at radius 1 is 1.46 bits per heavy atom. The number of carbonyl (C=O) groups excluding carboxylic acids is 1. The van der Waals surface area contributed by atoms with Crippen LogP contribution in [0.25, 0.3) is 0 Å². The molecule has 0 amide bonds. The molecule has 2 atom stereocenters. The van der Waals surface area contributed by atoms with Gasteiger partial charge in [0.25, 0.3) is 0 Å². The minimum Gasteiger partial charge on any atom is -0.468 e. The fourth-order valence-corrected chi connectivity index (χ4v) is 1.48. The van der Waals surface area contributed by atoms with Crippen LogP contribution in [0.1, 0.15) is 13.8 Å². The predicted molar refractivity (Wildman–Crippen MR) is 50.4 cm³/mol. The van der Waals surface area contributed by atoms with Crippen molar-refractivity contribution < 1.29 is 9.53 Å². The summed E-state index contributed by atoms with van der Waals surface area (Å²) in [5, 5.41) is 6.48. The van der Waals surface area contributed by atoms with E-state index in [1.807, 2.05) is 0 Å². The lowest BCUT2D eigenvalue weighted by atomic mass is 10.0. The minimum absolute atomic E-state index is 0.183. The number of ether oxygens (including phenoxy) is 1. The first-order valence-corrected chi connectivity index (χ1v) is 4.69. The van der Waals surface area contributed by atoms with Gasteiger partial charge < -0.3 is 10.1 Å². The molecule has 0 bridgehead atoms. The molecule has 1 saturated heterocycles. The maximum absolute atomic E-state index is 11.2. The highest BCUT2D eigenvalue weighted by Gasteiger charge is 2.27. The number of esters is 1. The number of rotatable bonds is 2. The molecule has 1 fully saturated rings. The van der Waals surface area contributed by atoms with Gasteiger partial charge in [-0.05, 0) is 5.92 Å². The SMILES string of the molecule is COC(=O)[C@@H]1CNC[C@H](C(C)C)N1. The van der Waals surface area contributed by atoms with E-state index in [4.69, 9.17) is 0 Å². The van der Waals surface area contributed by atoms with Crippen LogP contribution in [0.15, 0.2) is 0 Å². The molecule has 1 rings (SSSR count). The van der Waals surface area contributed by atoms with Gasteiger partial charge in [-0.2, -0.15) is 0 Å². The van der Waals surface area contributed by atoms with E-state index >= 15 is 0 Å². The lowest BCUT2D eigenvalue weighted by Crippen LogP contribution is -2.59. The number of piperazine rings is 1. The molecule has 0 aliphatic carbocycles. The first-order valence-electron chi connectivity index (χ1n) is 4.69. The van der Waals surface area contributed by atoms with Crippen molar-refractivity contribution in [3.8, 4) is 0 Å². The maximum Gasteiger partial charge on any atom is 0.324 e. The second kappa shape index (κ2) is 4.58. The van der Waals surface area contributed by atoms with E-state index in [2.05, 4.69) is 29.2 Å². The standard InChI is InChI=1S/C9H18N2O2/c1-6(2)7-4-10-5-8(11-7)9(12)13-3/h6-8,10-11H,4-5H2,1-3H3/t7-,8+/m1/s1. The highest BCUT2D eigenvalue weighted by atomic mass is 16.5. The van der Waals surface area contributed by atoms with E-state index < -0.39 is 0 Å². The summed E-state index contributed by atoms with van der Waals surface area (Å²) in [6.45, 7) is 5.86. The lowest BCUT2D eigenvalue weighted by Gasteiger charge is -2.32. The Hall–Kier alpha value is -0.610. The van der Waals surface area contributed by atoms with E-state index in [9.17, 15) is 4.79 Å². The van der Waals surface area contributed by atoms with Gasteiger partial charge in [-0.25, -0.2) is 0 Å². The average Bonchev–Trinajstić information content (AvgIpc) is 2.17. The molecule has 0 spiro atoms. The largest absolute Gasteiger partial charge is 0.468 e. The molecule has 2 N–H and O–H groups in total. The van der Waals surface area contributed by atoms with Crippen LogP contribution in [0.3, 0.4) is 0 Å². The van der Waals surface area contributed by atoms with Gasteiger partial charge in [-0.1, -0.05) is 13.8 Å². The fourth-order valence-electron chi connectivity index (χ4n) is 1.48. The van der Waals surface area contributed by atoms with Crippen LogP contribution < -0.4 is 10.6 Å². The molecule has 4 nitrogen and oxygen atoms in total. The van der Waals surface area contributed by atoms with Gasteiger partial charge in [0.05, 0.1) is 7.11 Å². The fraction of sp³-hybridized carbons (Fsp3) is 0.889. The highest BCUT2D eigenvalue weighted by molar-refractivity contribution is 5.76. The summed E-state index contributed by atoms with van der Waals surface area (Å²) in [7, 11) is 1.42. The average molecular weight is 186 g/mol. The lowest BCUT2D eigenvalue weighted by molar-refractivity contribution is -0.143. The van der Waals surface area contributed by atoms with E-state index in [0.717, 1.165) is 6.54 Å². The van der Waals surface area contributed by atoms with Crippen molar-refractivity contribution in [2.24, 2.45) is 5.92 Å². The zero-order chi connectivity index (χ0) is 9.84. The van der Waals surface area contributed by atoms with Crippen molar-refractivity contribution in [2.75, 3.05) is 20.2 Å². The Morgan fingerprint density at radius 2 is 2.15 bits per heavy atom.